The van der Waals surface area contributed by atoms with Gasteiger partial charge in [0, 0.05) is 16.6 Å². The van der Waals surface area contributed by atoms with Gasteiger partial charge in [-0.3, -0.25) is 9.00 Å². The van der Waals surface area contributed by atoms with Crippen LogP contribution in [-0.2, 0) is 21.8 Å². The molecule has 0 heterocycles. The average Bonchev–Trinajstić information content (AvgIpc) is 2.26. The molecule has 0 radical (unpaired) electrons. The van der Waals surface area contributed by atoms with Gasteiger partial charge in [-0.2, -0.15) is 13.2 Å². The molecule has 0 saturated heterocycles. The van der Waals surface area contributed by atoms with Gasteiger partial charge in [0.15, 0.2) is 0 Å². The summed E-state index contributed by atoms with van der Waals surface area (Å²) in [5, 5.41) is -0.494. The van der Waals surface area contributed by atoms with Crippen molar-refractivity contribution in [1.29, 1.82) is 0 Å². The maximum Gasteiger partial charge on any atom is 0.416 e. The molecule has 2 nitrogen and oxygen atoms in total. The van der Waals surface area contributed by atoms with Crippen LogP contribution >= 0.6 is 0 Å². The quantitative estimate of drug-likeness (QED) is 0.847. The van der Waals surface area contributed by atoms with Crippen molar-refractivity contribution in [1.82, 2.24) is 0 Å². The van der Waals surface area contributed by atoms with Crippen LogP contribution in [0.5, 0.6) is 0 Å². The lowest BCUT2D eigenvalue weighted by atomic mass is 10.2. The smallest absolute Gasteiger partial charge is 0.300 e. The average molecular weight is 278 g/mol. The Morgan fingerprint density at radius 3 is 2.50 bits per heavy atom. The summed E-state index contributed by atoms with van der Waals surface area (Å²) in [6.07, 6.45) is -4.37. The van der Waals surface area contributed by atoms with Crippen LogP contribution in [0.3, 0.4) is 0 Å². The third kappa shape index (κ3) is 3.94. The fourth-order valence-electron chi connectivity index (χ4n) is 1.51. The Balaban J connectivity index is 2.97. The predicted octanol–water partition coefficient (Wildman–Crippen LogP) is 3.18. The van der Waals surface area contributed by atoms with Crippen LogP contribution in [-0.4, -0.2) is 15.2 Å². The normalized spacial score (nSPS) is 15.2. The van der Waals surface area contributed by atoms with Gasteiger partial charge in [0.05, 0.1) is 16.4 Å². The molecule has 0 bridgehead atoms. The Hall–Kier alpha value is -1.17. The van der Waals surface area contributed by atoms with Gasteiger partial charge in [-0.05, 0) is 25.1 Å². The molecule has 1 aromatic rings. The molecule has 0 aromatic heterocycles. The van der Waals surface area contributed by atoms with Crippen molar-refractivity contribution < 1.29 is 22.2 Å². The minimum atomic E-state index is -4.45. The van der Waals surface area contributed by atoms with Crippen molar-refractivity contribution in [3.05, 3.63) is 29.8 Å². The van der Waals surface area contributed by atoms with E-state index in [4.69, 9.17) is 0 Å². The molecule has 2 atom stereocenters. The first-order chi connectivity index (χ1) is 8.21. The topological polar surface area (TPSA) is 34.1 Å². The Morgan fingerprint density at radius 2 is 2.00 bits per heavy atom. The molecular formula is C12H13F3O2S. The zero-order valence-corrected chi connectivity index (χ0v) is 10.8. The third-order valence-electron chi connectivity index (χ3n) is 2.33. The highest BCUT2D eigenvalue weighted by Gasteiger charge is 2.31. The number of halogens is 3. The summed E-state index contributed by atoms with van der Waals surface area (Å²) in [5.74, 6) is -0.136. The predicted molar refractivity (Wildman–Crippen MR) is 62.6 cm³/mol. The van der Waals surface area contributed by atoms with Crippen molar-refractivity contribution >= 4 is 16.6 Å². The second-order valence-electron chi connectivity index (χ2n) is 4.04. The van der Waals surface area contributed by atoms with Crippen LogP contribution < -0.4 is 0 Å². The third-order valence-corrected chi connectivity index (χ3v) is 3.95. The van der Waals surface area contributed by atoms with E-state index in [0.29, 0.717) is 0 Å². The van der Waals surface area contributed by atoms with E-state index in [1.165, 1.54) is 19.1 Å². The van der Waals surface area contributed by atoms with Gasteiger partial charge in [0.1, 0.15) is 5.78 Å². The van der Waals surface area contributed by atoms with Gasteiger partial charge in [0.2, 0.25) is 0 Å². The van der Waals surface area contributed by atoms with Gasteiger partial charge in [0.25, 0.3) is 0 Å². The maximum absolute atomic E-state index is 12.5. The molecular weight excluding hydrogens is 265 g/mol. The molecule has 0 aliphatic rings. The van der Waals surface area contributed by atoms with Crippen molar-refractivity contribution in [2.75, 3.05) is 0 Å². The van der Waals surface area contributed by atoms with E-state index >= 15 is 0 Å². The molecule has 1 aromatic carbocycles. The zero-order valence-electron chi connectivity index (χ0n) is 9.95. The number of hydrogen-bond acceptors (Lipinski definition) is 2. The van der Waals surface area contributed by atoms with E-state index in [-0.39, 0.29) is 17.1 Å². The number of benzene rings is 1. The number of carbonyl (C=O) groups is 1. The summed E-state index contributed by atoms with van der Waals surface area (Å²) in [5.41, 5.74) is -0.830. The number of carbonyl (C=O) groups excluding carboxylic acids is 1. The van der Waals surface area contributed by atoms with Crippen LogP contribution in [0.2, 0.25) is 0 Å². The molecule has 100 valence electrons. The molecule has 0 saturated carbocycles. The largest absolute Gasteiger partial charge is 0.416 e. The van der Waals surface area contributed by atoms with Crippen molar-refractivity contribution in [3.8, 4) is 0 Å². The minimum absolute atomic E-state index is 0.0862. The highest BCUT2D eigenvalue weighted by Crippen LogP contribution is 2.30. The maximum atomic E-state index is 12.5. The van der Waals surface area contributed by atoms with Crippen molar-refractivity contribution in [2.24, 2.45) is 0 Å². The SMILES string of the molecule is CC(=O)CC(C)S(=O)c1cccc(C(F)(F)F)c1. The van der Waals surface area contributed by atoms with Gasteiger partial charge >= 0.3 is 6.18 Å². The standard InChI is InChI=1S/C12H13F3O2S/c1-8(16)6-9(2)18(17)11-5-3-4-10(7-11)12(13,14)15/h3-5,7,9H,6H2,1-2H3. The zero-order chi connectivity index (χ0) is 13.9. The molecule has 6 heteroatoms. The number of ketones is 1. The molecule has 0 aliphatic heterocycles. The lowest BCUT2D eigenvalue weighted by molar-refractivity contribution is -0.137. The van der Waals surface area contributed by atoms with Gasteiger partial charge in [-0.25, -0.2) is 0 Å². The van der Waals surface area contributed by atoms with E-state index in [0.717, 1.165) is 12.1 Å². The Morgan fingerprint density at radius 1 is 1.39 bits per heavy atom. The molecule has 0 aliphatic carbocycles. The highest BCUT2D eigenvalue weighted by atomic mass is 32.2. The van der Waals surface area contributed by atoms with Crippen LogP contribution in [0.1, 0.15) is 25.8 Å². The molecule has 2 unspecified atom stereocenters. The summed E-state index contributed by atoms with van der Waals surface area (Å²) < 4.78 is 49.4. The Bertz CT molecular complexity index is 469. The van der Waals surface area contributed by atoms with Crippen LogP contribution in [0.25, 0.3) is 0 Å². The van der Waals surface area contributed by atoms with Crippen LogP contribution in [0, 0.1) is 0 Å². The number of hydrogen-bond donors (Lipinski definition) is 0. The summed E-state index contributed by atoms with van der Waals surface area (Å²) in [4.78, 5) is 11.0. The number of Topliss-reactive ketones (excluding diaryl/α,β-unsaturated/α-hetero) is 1. The van der Waals surface area contributed by atoms with Crippen molar-refractivity contribution in [3.63, 3.8) is 0 Å². The monoisotopic (exact) mass is 278 g/mol. The molecule has 0 spiro atoms. The fraction of sp³-hybridized carbons (Fsp3) is 0.417. The molecule has 0 N–H and O–H groups in total. The van der Waals surface area contributed by atoms with Gasteiger partial charge in [-0.1, -0.05) is 13.0 Å². The summed E-state index contributed by atoms with van der Waals surface area (Å²) in [7, 11) is -1.61. The van der Waals surface area contributed by atoms with Crippen LogP contribution in [0.4, 0.5) is 13.2 Å². The van der Waals surface area contributed by atoms with Gasteiger partial charge < -0.3 is 0 Å². The summed E-state index contributed by atoms with van der Waals surface area (Å²) >= 11 is 0. The van der Waals surface area contributed by atoms with Gasteiger partial charge in [-0.15, -0.1) is 0 Å². The van der Waals surface area contributed by atoms with E-state index in [9.17, 15) is 22.2 Å². The van der Waals surface area contributed by atoms with Crippen LogP contribution in [0.15, 0.2) is 29.2 Å². The van der Waals surface area contributed by atoms with E-state index in [1.807, 2.05) is 0 Å². The number of alkyl halides is 3. The minimum Gasteiger partial charge on any atom is -0.300 e. The lowest BCUT2D eigenvalue weighted by Crippen LogP contribution is -2.15. The molecule has 0 fully saturated rings. The second-order valence-corrected chi connectivity index (χ2v) is 5.91. The highest BCUT2D eigenvalue weighted by molar-refractivity contribution is 7.85. The Labute approximate surface area is 106 Å². The first kappa shape index (κ1) is 14.9. The second kappa shape index (κ2) is 5.65. The molecule has 1 rings (SSSR count). The van der Waals surface area contributed by atoms with E-state index < -0.39 is 27.8 Å². The Kier molecular flexibility index (Phi) is 4.67. The van der Waals surface area contributed by atoms with E-state index in [1.54, 1.807) is 6.92 Å². The van der Waals surface area contributed by atoms with E-state index in [2.05, 4.69) is 0 Å². The summed E-state index contributed by atoms with van der Waals surface area (Å²) in [6.45, 7) is 2.94. The lowest BCUT2D eigenvalue weighted by Gasteiger charge is -2.12. The van der Waals surface area contributed by atoms with Crippen molar-refractivity contribution in [2.45, 2.75) is 36.6 Å². The first-order valence-corrected chi connectivity index (χ1v) is 6.50. The first-order valence-electron chi connectivity index (χ1n) is 5.29. The fourth-order valence-corrected chi connectivity index (χ4v) is 2.82. The molecule has 18 heavy (non-hydrogen) atoms. The summed E-state index contributed by atoms with van der Waals surface area (Å²) in [6, 6.07) is 4.39. The molecule has 0 amide bonds. The number of rotatable bonds is 4.